The number of nitrogens with one attached hydrogen (secondary N) is 2. The number of aliphatic carboxylic acids is 1. The summed E-state index contributed by atoms with van der Waals surface area (Å²) >= 11 is 0. The Bertz CT molecular complexity index is 875. The van der Waals surface area contributed by atoms with Crippen LogP contribution < -0.4 is 15.4 Å². The second-order valence-corrected chi connectivity index (χ2v) is 8.19. The molecule has 33 heavy (non-hydrogen) atoms. The molecule has 1 aromatic heterocycles. The summed E-state index contributed by atoms with van der Waals surface area (Å²) in [6.07, 6.45) is 3.20. The number of carbonyl (C=O) groups excluding carboxylic acids is 2. The Morgan fingerprint density at radius 3 is 2.79 bits per heavy atom. The van der Waals surface area contributed by atoms with E-state index >= 15 is 0 Å². The van der Waals surface area contributed by atoms with E-state index in [9.17, 15) is 19.5 Å². The number of hydrogen-bond acceptors (Lipinski definition) is 7. The topological polar surface area (TPSA) is 136 Å². The van der Waals surface area contributed by atoms with Crippen molar-refractivity contribution in [1.29, 1.82) is 0 Å². The van der Waals surface area contributed by atoms with Gasteiger partial charge in [0, 0.05) is 57.4 Å². The minimum absolute atomic E-state index is 0.0600. The number of guanidine groups is 1. The molecule has 180 valence electrons. The molecule has 3 heterocycles. The van der Waals surface area contributed by atoms with Crippen molar-refractivity contribution < 1.29 is 24.2 Å². The van der Waals surface area contributed by atoms with Gasteiger partial charge in [-0.3, -0.25) is 19.9 Å². The molecule has 3 N–H and O–H groups in total. The van der Waals surface area contributed by atoms with Crippen LogP contribution in [0.4, 0.5) is 4.79 Å². The van der Waals surface area contributed by atoms with Gasteiger partial charge in [0.15, 0.2) is 5.96 Å². The molecule has 0 aromatic carbocycles. The van der Waals surface area contributed by atoms with Gasteiger partial charge in [-0.25, -0.2) is 9.78 Å². The van der Waals surface area contributed by atoms with Gasteiger partial charge in [-0.05, 0) is 32.3 Å². The predicted octanol–water partition coefficient (Wildman–Crippen LogP) is 1.02. The van der Waals surface area contributed by atoms with Gasteiger partial charge >= 0.3 is 12.0 Å². The van der Waals surface area contributed by atoms with E-state index in [2.05, 4.69) is 20.6 Å². The molecule has 11 heteroatoms. The van der Waals surface area contributed by atoms with Crippen LogP contribution >= 0.6 is 0 Å². The van der Waals surface area contributed by atoms with Crippen LogP contribution in [0.15, 0.2) is 23.3 Å². The third kappa shape index (κ3) is 6.80. The zero-order valence-electron chi connectivity index (χ0n) is 19.1. The summed E-state index contributed by atoms with van der Waals surface area (Å²) in [4.78, 5) is 48.3. The first-order valence-corrected chi connectivity index (χ1v) is 11.3. The smallest absolute Gasteiger partial charge is 0.320 e. The van der Waals surface area contributed by atoms with Gasteiger partial charge in [0.2, 0.25) is 11.8 Å². The van der Waals surface area contributed by atoms with Gasteiger partial charge in [-0.15, -0.1) is 0 Å². The Hall–Kier alpha value is -3.37. The second-order valence-electron chi connectivity index (χ2n) is 8.19. The van der Waals surface area contributed by atoms with Crippen LogP contribution in [-0.4, -0.2) is 89.1 Å². The number of nitrogens with zero attached hydrogens (tertiary/aromatic N) is 4. The number of carboxylic acids is 1. The molecule has 3 rings (SSSR count). The number of aromatic nitrogens is 1. The molecule has 0 saturated carbocycles. The van der Waals surface area contributed by atoms with E-state index in [0.29, 0.717) is 56.6 Å². The summed E-state index contributed by atoms with van der Waals surface area (Å²) in [5, 5.41) is 15.6. The Balaban J connectivity index is 1.46. The van der Waals surface area contributed by atoms with Crippen LogP contribution in [0, 0.1) is 0 Å². The van der Waals surface area contributed by atoms with E-state index in [0.717, 1.165) is 6.42 Å². The molecule has 3 amide bonds. The van der Waals surface area contributed by atoms with E-state index < -0.39 is 11.9 Å². The molecule has 1 unspecified atom stereocenters. The molecule has 1 aromatic rings. The molecule has 1 saturated heterocycles. The SMILES string of the molecule is CCOc1ccc([C@@H](CN2CCN(CCCC(=O)NC3=NCCC(C)N3)C2=O)C(=O)O)cn1. The molecular weight excluding hydrogens is 428 g/mol. The molecule has 0 aliphatic carbocycles. The standard InChI is InChI=1S/C22H32N6O5/c1-3-33-19-7-6-16(13-24-19)17(20(30)31)14-28-12-11-27(22(28)32)10-4-5-18(29)26-21-23-9-8-15(2)25-21/h6-7,13,15,17H,3-5,8-12,14H2,1-2H3,(H,30,31)(H2,23,25,26,29)/t15?,17-/m1/s1. The lowest BCUT2D eigenvalue weighted by Gasteiger charge is -2.22. The van der Waals surface area contributed by atoms with E-state index in [-0.39, 0.29) is 30.9 Å². The van der Waals surface area contributed by atoms with Gasteiger partial charge in [0.05, 0.1) is 6.61 Å². The van der Waals surface area contributed by atoms with E-state index in [1.807, 2.05) is 13.8 Å². The van der Waals surface area contributed by atoms with Crippen LogP contribution in [-0.2, 0) is 9.59 Å². The Labute approximate surface area is 193 Å². The Morgan fingerprint density at radius 1 is 1.33 bits per heavy atom. The van der Waals surface area contributed by atoms with Crippen LogP contribution in [0.2, 0.25) is 0 Å². The maximum absolute atomic E-state index is 12.8. The number of ether oxygens (including phenoxy) is 1. The maximum atomic E-state index is 12.8. The van der Waals surface area contributed by atoms with E-state index in [1.54, 1.807) is 17.0 Å². The van der Waals surface area contributed by atoms with Crippen molar-refractivity contribution in [1.82, 2.24) is 25.4 Å². The lowest BCUT2D eigenvalue weighted by Crippen LogP contribution is -2.47. The van der Waals surface area contributed by atoms with Crippen molar-refractivity contribution in [3.05, 3.63) is 23.9 Å². The summed E-state index contributed by atoms with van der Waals surface area (Å²) in [7, 11) is 0. The number of rotatable bonds is 10. The fourth-order valence-corrected chi connectivity index (χ4v) is 3.81. The first-order valence-electron chi connectivity index (χ1n) is 11.3. The second kappa shape index (κ2) is 11.5. The summed E-state index contributed by atoms with van der Waals surface area (Å²) in [5.41, 5.74) is 0.516. The normalized spacial score (nSPS) is 19.0. The van der Waals surface area contributed by atoms with Crippen LogP contribution in [0.1, 0.15) is 44.6 Å². The van der Waals surface area contributed by atoms with Crippen molar-refractivity contribution in [3.8, 4) is 5.88 Å². The van der Waals surface area contributed by atoms with E-state index in [4.69, 9.17) is 4.74 Å². The largest absolute Gasteiger partial charge is 0.481 e. The molecule has 2 aliphatic rings. The van der Waals surface area contributed by atoms with Crippen LogP contribution in [0.5, 0.6) is 5.88 Å². The molecular formula is C22H32N6O5. The number of amides is 3. The maximum Gasteiger partial charge on any atom is 0.320 e. The molecule has 2 aliphatic heterocycles. The first kappa shape index (κ1) is 24.3. The number of pyridine rings is 1. The number of aliphatic imine (C=N–C) groups is 1. The van der Waals surface area contributed by atoms with Crippen molar-refractivity contribution >= 4 is 23.9 Å². The van der Waals surface area contributed by atoms with Gasteiger partial charge in [0.1, 0.15) is 5.92 Å². The zero-order valence-corrected chi connectivity index (χ0v) is 19.1. The highest BCUT2D eigenvalue weighted by Gasteiger charge is 2.33. The summed E-state index contributed by atoms with van der Waals surface area (Å²) in [5.74, 6) is -1.11. The highest BCUT2D eigenvalue weighted by Crippen LogP contribution is 2.22. The van der Waals surface area contributed by atoms with Crippen molar-refractivity contribution in [2.24, 2.45) is 4.99 Å². The molecule has 2 atom stereocenters. The number of carboxylic acid groups (broad SMARTS) is 1. The van der Waals surface area contributed by atoms with Crippen LogP contribution in [0.25, 0.3) is 0 Å². The predicted molar refractivity (Wildman–Crippen MR) is 121 cm³/mol. The number of urea groups is 1. The van der Waals surface area contributed by atoms with Crippen LogP contribution in [0.3, 0.4) is 0 Å². The summed E-state index contributed by atoms with van der Waals surface area (Å²) in [6, 6.07) is 3.36. The Kier molecular flexibility index (Phi) is 8.45. The molecule has 11 nitrogen and oxygen atoms in total. The van der Waals surface area contributed by atoms with Gasteiger partial charge in [0.25, 0.3) is 0 Å². The highest BCUT2D eigenvalue weighted by atomic mass is 16.5. The van der Waals surface area contributed by atoms with Gasteiger partial charge in [-0.2, -0.15) is 0 Å². The minimum Gasteiger partial charge on any atom is -0.481 e. The Morgan fingerprint density at radius 2 is 2.12 bits per heavy atom. The highest BCUT2D eigenvalue weighted by molar-refractivity contribution is 5.97. The van der Waals surface area contributed by atoms with Gasteiger partial charge in [-0.1, -0.05) is 6.07 Å². The van der Waals surface area contributed by atoms with Gasteiger partial charge < -0.3 is 25.0 Å². The fourth-order valence-electron chi connectivity index (χ4n) is 3.81. The number of carbonyl (C=O) groups is 3. The molecule has 0 radical (unpaired) electrons. The van der Waals surface area contributed by atoms with E-state index in [1.165, 1.54) is 11.1 Å². The van der Waals surface area contributed by atoms with Crippen molar-refractivity contribution in [2.75, 3.05) is 39.3 Å². The lowest BCUT2D eigenvalue weighted by atomic mass is 10.0. The fraction of sp³-hybridized carbons (Fsp3) is 0.591. The lowest BCUT2D eigenvalue weighted by molar-refractivity contribution is -0.139. The van der Waals surface area contributed by atoms with Crippen molar-refractivity contribution in [2.45, 2.75) is 45.1 Å². The zero-order chi connectivity index (χ0) is 23.8. The molecule has 0 bridgehead atoms. The molecule has 0 spiro atoms. The summed E-state index contributed by atoms with van der Waals surface area (Å²) < 4.78 is 5.30. The third-order valence-electron chi connectivity index (χ3n) is 5.64. The monoisotopic (exact) mass is 460 g/mol. The minimum atomic E-state index is -1.02. The first-order chi connectivity index (χ1) is 15.9. The molecule has 1 fully saturated rings. The average Bonchev–Trinajstić information content (AvgIpc) is 3.12. The summed E-state index contributed by atoms with van der Waals surface area (Å²) in [6.45, 7) is 6.47. The average molecular weight is 461 g/mol. The van der Waals surface area contributed by atoms with Crippen molar-refractivity contribution in [3.63, 3.8) is 0 Å². The number of hydrogen-bond donors (Lipinski definition) is 3. The quantitative estimate of drug-likeness (QED) is 0.474. The third-order valence-corrected chi connectivity index (χ3v) is 5.64.